The van der Waals surface area contributed by atoms with Gasteiger partial charge in [-0.2, -0.15) is 26.3 Å². The Morgan fingerprint density at radius 1 is 0.318 bits per heavy atom. The monoisotopic (exact) mass is 1770 g/mol. The Hall–Kier alpha value is -15.4. The van der Waals surface area contributed by atoms with Gasteiger partial charge in [0, 0.05) is 117 Å². The second-order valence-electron chi connectivity index (χ2n) is 27.5. The van der Waals surface area contributed by atoms with E-state index in [1.807, 2.05) is 121 Å². The van der Waals surface area contributed by atoms with Gasteiger partial charge in [-0.3, -0.25) is 29.7 Å². The van der Waals surface area contributed by atoms with E-state index in [-0.39, 0.29) is 65.2 Å². The van der Waals surface area contributed by atoms with Crippen molar-refractivity contribution in [3.8, 4) is 115 Å². The zero-order valence-electron chi connectivity index (χ0n) is 71.3. The Morgan fingerprint density at radius 3 is 0.729 bits per heavy atom. The second kappa shape index (κ2) is 50.0. The van der Waals surface area contributed by atoms with Crippen LogP contribution in [-0.2, 0) is 33.4 Å². The van der Waals surface area contributed by atoms with Crippen LogP contribution >= 0.6 is 15.9 Å². The first-order valence-corrected chi connectivity index (χ1v) is 39.7. The van der Waals surface area contributed by atoms with E-state index in [1.54, 1.807) is 181 Å². The molecule has 0 fully saturated rings. The minimum absolute atomic E-state index is 0. The van der Waals surface area contributed by atoms with Crippen molar-refractivity contribution in [2.24, 2.45) is 0 Å². The van der Waals surface area contributed by atoms with Gasteiger partial charge >= 0.3 is 67.6 Å². The summed E-state index contributed by atoms with van der Waals surface area (Å²) in [5.41, 5.74) is 12.3. The van der Waals surface area contributed by atoms with Crippen LogP contribution in [0, 0.1) is 56.7 Å². The molecule has 0 bridgehead atoms. The van der Waals surface area contributed by atoms with Crippen LogP contribution < -0.4 is 56.7 Å². The van der Waals surface area contributed by atoms with Crippen LogP contribution in [0.25, 0.3) is 109 Å². The van der Waals surface area contributed by atoms with Crippen LogP contribution in [0.15, 0.2) is 274 Å². The second-order valence-corrected chi connectivity index (χ2v) is 28.9. The smallest absolute Gasteiger partial charge is 0.870 e. The Kier molecular flexibility index (Phi) is 39.7. The van der Waals surface area contributed by atoms with E-state index in [9.17, 15) is 29.1 Å². The van der Waals surface area contributed by atoms with Crippen molar-refractivity contribution < 1.29 is 121 Å². The topological polar surface area (TPSA) is 465 Å². The van der Waals surface area contributed by atoms with Gasteiger partial charge in [-0.25, -0.2) is 19.2 Å². The average Bonchev–Trinajstić information content (AvgIpc) is 0.808. The summed E-state index contributed by atoms with van der Waals surface area (Å²) in [5.74, 6) is -1.38. The number of phenolic OH excluding ortho intramolecular Hbond substituents is 1. The van der Waals surface area contributed by atoms with E-state index < -0.39 is 48.3 Å². The number of fused-ring (bicyclic) bond motifs is 5. The van der Waals surface area contributed by atoms with Crippen LogP contribution in [0.4, 0.5) is 0 Å². The van der Waals surface area contributed by atoms with Gasteiger partial charge in [0.2, 0.25) is 0 Å². The van der Waals surface area contributed by atoms with Crippen LogP contribution in [0.1, 0.15) is 76.3 Å². The molecule has 30 heteroatoms. The van der Waals surface area contributed by atoms with Crippen molar-refractivity contribution in [2.45, 2.75) is 77.7 Å². The van der Waals surface area contributed by atoms with Gasteiger partial charge in [0.05, 0.1) is 71.4 Å². The zero-order chi connectivity index (χ0) is 89.6. The number of carboxylic acid groups (broad SMARTS) is 3. The quantitative estimate of drug-likeness (QED) is 0.0313. The number of ether oxygens (including phenoxy) is 6. The number of carbonyl (C=O) groups is 5. The van der Waals surface area contributed by atoms with Gasteiger partial charge in [-0.1, -0.05) is 76.6 Å². The standard InChI is InChI=1S/C21H18N2O3.3C19H14N2O3.C16H10N2O.C5H9BrO2.2Li.2H2O/c1-3-25-21(24)14(2)26-18-9-8-17-12-23-13-20(19(17)10-18)16-6-4-15(11-22)5-7-16;3*1-12(19(22)23)24-16-7-6-15-10-21-11-18(17(15)8-16)14-4-2-13(9-20)3-5-14;17-8-11-1-3-12(4-2-11)16-10-18-9-13-5-6-14(19)7-15(13)16;1-3-8-5(7)4(2)6;;;;/h4-10,12-14H,3H2,1-2H3;3*2-8,10-12H,1H3,(H,22,23);1-7,9-10,19H;4H,3H2,1-2H3;;;2*1H2/q;;;;;;2*+1;;/p-2/t14-;3*12-;;;;;;/m1100....../s1. The first-order chi connectivity index (χ1) is 60.3. The molecule has 15 rings (SSSR count). The van der Waals surface area contributed by atoms with Crippen molar-refractivity contribution in [3.63, 3.8) is 0 Å². The molecule has 6 N–H and O–H groups in total. The number of phenols is 1. The van der Waals surface area contributed by atoms with Crippen LogP contribution in [0.5, 0.6) is 28.7 Å². The van der Waals surface area contributed by atoms with E-state index in [4.69, 9.17) is 65.3 Å². The maximum absolute atomic E-state index is 11.8. The number of aliphatic carboxylic acids is 3. The van der Waals surface area contributed by atoms with Crippen molar-refractivity contribution in [1.29, 1.82) is 26.3 Å². The van der Waals surface area contributed by atoms with Crippen molar-refractivity contribution in [1.82, 2.24) is 24.9 Å². The number of hydrogen-bond acceptors (Lipinski definition) is 24. The number of nitriles is 5. The third-order valence-electron chi connectivity index (χ3n) is 18.8. The fraction of sp³-hybridized carbons (Fsp3) is 0.141. The molecule has 10 aromatic carbocycles. The van der Waals surface area contributed by atoms with Gasteiger partial charge < -0.3 is 59.8 Å². The fourth-order valence-corrected chi connectivity index (χ4v) is 12.5. The molecule has 0 amide bonds. The number of aromatic hydroxyl groups is 1. The summed E-state index contributed by atoms with van der Waals surface area (Å²) in [7, 11) is 0. The molecule has 1 unspecified atom stereocenters. The third kappa shape index (κ3) is 28.1. The molecule has 0 spiro atoms. The molecule has 638 valence electrons. The number of pyridine rings is 5. The Balaban J connectivity index is 0.000000242. The summed E-state index contributed by atoms with van der Waals surface area (Å²) in [6.45, 7) is 12.2. The third-order valence-corrected chi connectivity index (χ3v) is 19.2. The minimum Gasteiger partial charge on any atom is -0.870 e. The molecule has 0 saturated carbocycles. The number of carbonyl (C=O) groups excluding carboxylic acids is 2. The molecule has 0 aliphatic carbocycles. The summed E-state index contributed by atoms with van der Waals surface area (Å²) >= 11 is 3.07. The number of aromatic nitrogens is 5. The van der Waals surface area contributed by atoms with E-state index >= 15 is 0 Å². The summed E-state index contributed by atoms with van der Waals surface area (Å²) in [6.07, 6.45) is 14.1. The molecular formula is C99H81BrLi2N10O17. The van der Waals surface area contributed by atoms with Crippen molar-refractivity contribution in [3.05, 3.63) is 302 Å². The predicted molar refractivity (Wildman–Crippen MR) is 480 cm³/mol. The molecular weight excluding hydrogens is 1690 g/mol. The number of alkyl halides is 1. The number of halogens is 1. The Morgan fingerprint density at radius 2 is 0.527 bits per heavy atom. The number of rotatable bonds is 20. The zero-order valence-corrected chi connectivity index (χ0v) is 72.9. The largest absolute Gasteiger partial charge is 1.00 e. The van der Waals surface area contributed by atoms with Gasteiger partial charge in [-0.15, -0.1) is 0 Å². The number of benzene rings is 10. The Bertz CT molecular complexity index is 6270. The molecule has 15 aromatic rings. The molecule has 5 aromatic heterocycles. The Labute approximate surface area is 774 Å². The SMILES string of the molecule is CCOC(=O)C(C)Br.CCOC(=O)[C@@H](C)Oc1ccc2cncc(-c3ccc(C#N)cc3)c2c1.C[C@@H](Oc1ccc2cncc(-c3ccc(C#N)cc3)c2c1)C(=O)O.C[C@H](Oc1ccc2cncc(-c3ccc(C#N)cc3)c2c1)C(=O)O.C[C@H](Oc1ccc2cncc(-c3ccc(C#N)cc3)c2c1)C(=O)O.N#Cc1ccc(-c2cncc3ccc(O)cc23)cc1.[Li+].[Li+].[OH-].[OH-]. The average molecular weight is 1780 g/mol. The maximum atomic E-state index is 11.8. The molecule has 0 aliphatic heterocycles. The molecule has 0 radical (unpaired) electrons. The van der Waals surface area contributed by atoms with Crippen LogP contribution in [-0.4, -0.2) is 129 Å². The normalized spacial score (nSPS) is 11.2. The molecule has 0 aliphatic rings. The van der Waals surface area contributed by atoms with Gasteiger partial charge in [-0.05, 0) is 255 Å². The number of carboxylic acids is 3. The molecule has 5 atom stereocenters. The number of hydrogen-bond donors (Lipinski definition) is 4. The number of esters is 2. The summed E-state index contributed by atoms with van der Waals surface area (Å²) in [5, 5.41) is 90.4. The van der Waals surface area contributed by atoms with Gasteiger partial charge in [0.25, 0.3) is 0 Å². The maximum Gasteiger partial charge on any atom is 1.00 e. The predicted octanol–water partition coefficient (Wildman–Crippen LogP) is 13.4. The fourth-order valence-electron chi connectivity index (χ4n) is 12.3. The van der Waals surface area contributed by atoms with E-state index in [2.05, 4.69) is 75.9 Å². The molecule has 0 saturated heterocycles. The summed E-state index contributed by atoms with van der Waals surface area (Å²) < 4.78 is 31.7. The van der Waals surface area contributed by atoms with E-state index in [0.717, 1.165) is 109 Å². The van der Waals surface area contributed by atoms with Crippen molar-refractivity contribution >= 4 is 99.6 Å². The molecule has 5 heterocycles. The van der Waals surface area contributed by atoms with E-state index in [1.165, 1.54) is 20.8 Å². The van der Waals surface area contributed by atoms with Crippen molar-refractivity contribution in [2.75, 3.05) is 13.2 Å². The van der Waals surface area contributed by atoms with Crippen LogP contribution in [0.2, 0.25) is 0 Å². The molecule has 129 heavy (non-hydrogen) atoms. The van der Waals surface area contributed by atoms with Gasteiger partial charge in [0.1, 0.15) is 33.6 Å². The first kappa shape index (κ1) is 102. The summed E-state index contributed by atoms with van der Waals surface area (Å²) in [6, 6.07) is 73.8. The first-order valence-electron chi connectivity index (χ1n) is 38.8. The molecule has 27 nitrogen and oxygen atoms in total. The van der Waals surface area contributed by atoms with E-state index in [0.29, 0.717) is 64.0 Å². The minimum atomic E-state index is -1.02. The van der Waals surface area contributed by atoms with Gasteiger partial charge in [0.15, 0.2) is 24.4 Å². The van der Waals surface area contributed by atoms with Crippen LogP contribution in [0.3, 0.4) is 0 Å². The summed E-state index contributed by atoms with van der Waals surface area (Å²) in [4.78, 5) is 76.2. The number of nitrogens with zero attached hydrogens (tertiary/aromatic N) is 10.